The molecule has 4 aromatic rings. The summed E-state index contributed by atoms with van der Waals surface area (Å²) in [5, 5.41) is 33.5. The first-order valence-corrected chi connectivity index (χ1v) is 11.4. The normalized spacial score (nSPS) is 12.1. The molecule has 12 heteroatoms. The Hall–Kier alpha value is -5.96. The predicted octanol–water partition coefficient (Wildman–Crippen LogP) is 6.07. The van der Waals surface area contributed by atoms with E-state index < -0.39 is 33.5 Å². The molecule has 0 spiro atoms. The highest BCUT2D eigenvalue weighted by atomic mass is 16.6. The molecule has 0 atom stereocenters. The number of nitrogens with zero attached hydrogens (tertiary/aromatic N) is 5. The standard InChI is InChI=1S/C27H17N7O5/c1-13-22(29-2)26(28)31-27(30-14-7-4-3-5-8-14)23(13)33-32-16-11-12-17(34(38)39)21-20(16)24(36)15-9-6-10-18(35)19(15)25(21)37/h3-12,35H,1H3,(H3,28,30,31). The van der Waals surface area contributed by atoms with E-state index in [0.717, 1.165) is 6.07 Å². The number of carbonyl (C=O) groups excluding carboxylic acids is 2. The smallest absolute Gasteiger partial charge is 0.281 e. The summed E-state index contributed by atoms with van der Waals surface area (Å²) in [6.45, 7) is 9.09. The average Bonchev–Trinajstić information content (AvgIpc) is 2.91. The maximum Gasteiger partial charge on any atom is 0.281 e. The Kier molecular flexibility index (Phi) is 6.01. The van der Waals surface area contributed by atoms with E-state index in [1.54, 1.807) is 31.2 Å². The van der Waals surface area contributed by atoms with Gasteiger partial charge in [-0.05, 0) is 36.8 Å². The van der Waals surface area contributed by atoms with Crippen molar-refractivity contribution in [3.05, 3.63) is 110 Å². The summed E-state index contributed by atoms with van der Waals surface area (Å²) in [4.78, 5) is 45.4. The van der Waals surface area contributed by atoms with Crippen molar-refractivity contribution in [1.82, 2.24) is 4.98 Å². The van der Waals surface area contributed by atoms with Crippen molar-refractivity contribution in [2.45, 2.75) is 6.92 Å². The van der Waals surface area contributed by atoms with Gasteiger partial charge in [0.05, 0.1) is 28.3 Å². The monoisotopic (exact) mass is 519 g/mol. The average molecular weight is 519 g/mol. The topological polar surface area (TPSA) is 178 Å². The maximum atomic E-state index is 13.5. The van der Waals surface area contributed by atoms with Gasteiger partial charge in [0.1, 0.15) is 22.8 Å². The number of aromatic hydroxyl groups is 1. The van der Waals surface area contributed by atoms with Gasteiger partial charge in [-0.1, -0.05) is 30.3 Å². The predicted molar refractivity (Wildman–Crippen MR) is 142 cm³/mol. The van der Waals surface area contributed by atoms with Crippen LogP contribution in [0, 0.1) is 23.6 Å². The van der Waals surface area contributed by atoms with E-state index in [0.29, 0.717) is 11.3 Å². The van der Waals surface area contributed by atoms with Crippen LogP contribution in [0.25, 0.3) is 4.85 Å². The number of hydrogen-bond acceptors (Lipinski definition) is 10. The van der Waals surface area contributed by atoms with Gasteiger partial charge in [0.25, 0.3) is 5.69 Å². The first kappa shape index (κ1) is 24.7. The minimum atomic E-state index is -0.881. The molecule has 12 nitrogen and oxygen atoms in total. The molecule has 39 heavy (non-hydrogen) atoms. The van der Waals surface area contributed by atoms with Gasteiger partial charge in [-0.15, -0.1) is 10.2 Å². The van der Waals surface area contributed by atoms with E-state index in [4.69, 9.17) is 12.3 Å². The summed E-state index contributed by atoms with van der Waals surface area (Å²) in [6, 6.07) is 15.2. The molecule has 190 valence electrons. The number of nitrogens with one attached hydrogen (secondary N) is 1. The Labute approximate surface area is 220 Å². The Morgan fingerprint density at radius 3 is 2.44 bits per heavy atom. The van der Waals surface area contributed by atoms with Gasteiger partial charge in [0.2, 0.25) is 11.5 Å². The van der Waals surface area contributed by atoms with E-state index in [1.165, 1.54) is 24.3 Å². The fraction of sp³-hybridized carbons (Fsp3) is 0.0370. The van der Waals surface area contributed by atoms with Crippen LogP contribution in [0.15, 0.2) is 70.9 Å². The lowest BCUT2D eigenvalue weighted by atomic mass is 9.82. The number of phenols is 1. The highest BCUT2D eigenvalue weighted by molar-refractivity contribution is 6.32. The summed E-state index contributed by atoms with van der Waals surface area (Å²) in [7, 11) is 0. The summed E-state index contributed by atoms with van der Waals surface area (Å²) in [6.07, 6.45) is 0. The minimum absolute atomic E-state index is 0.0233. The Morgan fingerprint density at radius 2 is 1.74 bits per heavy atom. The number of fused-ring (bicyclic) bond motifs is 2. The van der Waals surface area contributed by atoms with Crippen LogP contribution in [0.1, 0.15) is 37.4 Å². The van der Waals surface area contributed by atoms with Crippen LogP contribution >= 0.6 is 0 Å². The third kappa shape index (κ3) is 4.09. The number of para-hydroxylation sites is 1. The number of benzene rings is 3. The van der Waals surface area contributed by atoms with E-state index >= 15 is 0 Å². The number of nitrogens with two attached hydrogens (primary N) is 1. The number of hydrogen-bond donors (Lipinski definition) is 3. The quantitative estimate of drug-likeness (QED) is 0.108. The molecular weight excluding hydrogens is 502 g/mol. The lowest BCUT2D eigenvalue weighted by Crippen LogP contribution is -2.22. The first-order valence-electron chi connectivity index (χ1n) is 11.4. The largest absolute Gasteiger partial charge is 0.507 e. The van der Waals surface area contributed by atoms with Crippen LogP contribution in [-0.2, 0) is 0 Å². The molecule has 0 aliphatic heterocycles. The molecule has 0 radical (unpaired) electrons. The number of aromatic nitrogens is 1. The number of nitrogen functional groups attached to an aromatic ring is 1. The van der Waals surface area contributed by atoms with Gasteiger partial charge in [-0.2, -0.15) is 0 Å². The van der Waals surface area contributed by atoms with Gasteiger partial charge in [0.15, 0.2) is 11.6 Å². The Balaban J connectivity index is 1.70. The zero-order chi connectivity index (χ0) is 27.8. The summed E-state index contributed by atoms with van der Waals surface area (Å²) in [5.41, 5.74) is 5.22. The molecule has 0 fully saturated rings. The van der Waals surface area contributed by atoms with Crippen molar-refractivity contribution in [2.24, 2.45) is 10.2 Å². The minimum Gasteiger partial charge on any atom is -0.507 e. The number of pyridine rings is 1. The third-order valence-corrected chi connectivity index (χ3v) is 6.14. The van der Waals surface area contributed by atoms with Crippen molar-refractivity contribution in [3.8, 4) is 5.75 Å². The molecule has 1 aliphatic carbocycles. The fourth-order valence-corrected chi connectivity index (χ4v) is 4.32. The number of phenolic OH excluding ortho intramolecular Hbond substituents is 1. The van der Waals surface area contributed by atoms with Crippen LogP contribution in [0.3, 0.4) is 0 Å². The maximum absolute atomic E-state index is 13.5. The molecule has 0 bridgehead atoms. The van der Waals surface area contributed by atoms with Crippen LogP contribution in [0.2, 0.25) is 0 Å². The number of nitro benzene ring substituents is 1. The van der Waals surface area contributed by atoms with E-state index in [9.17, 15) is 24.8 Å². The number of carbonyl (C=O) groups is 2. The molecule has 4 N–H and O–H groups in total. The molecule has 0 unspecified atom stereocenters. The lowest BCUT2D eigenvalue weighted by molar-refractivity contribution is -0.385. The highest BCUT2D eigenvalue weighted by Crippen LogP contribution is 2.43. The summed E-state index contributed by atoms with van der Waals surface area (Å²) >= 11 is 0. The zero-order valence-electron chi connectivity index (χ0n) is 20.2. The lowest BCUT2D eigenvalue weighted by Gasteiger charge is -2.19. The number of rotatable bonds is 5. The van der Waals surface area contributed by atoms with Crippen LogP contribution in [0.5, 0.6) is 5.75 Å². The fourth-order valence-electron chi connectivity index (χ4n) is 4.32. The molecular formula is C27H17N7O5. The van der Waals surface area contributed by atoms with Crippen molar-refractivity contribution in [1.29, 1.82) is 0 Å². The van der Waals surface area contributed by atoms with Crippen LogP contribution in [0.4, 0.5) is 40.1 Å². The molecule has 5 rings (SSSR count). The summed E-state index contributed by atoms with van der Waals surface area (Å²) in [5.74, 6) is -1.92. The second-order valence-corrected chi connectivity index (χ2v) is 8.44. The molecule has 0 saturated carbocycles. The van der Waals surface area contributed by atoms with Gasteiger partial charge < -0.3 is 16.2 Å². The van der Waals surface area contributed by atoms with Crippen LogP contribution < -0.4 is 11.1 Å². The van der Waals surface area contributed by atoms with Crippen molar-refractivity contribution in [3.63, 3.8) is 0 Å². The molecule has 3 aromatic carbocycles. The highest BCUT2D eigenvalue weighted by Gasteiger charge is 2.39. The van der Waals surface area contributed by atoms with E-state index in [1.807, 2.05) is 6.07 Å². The van der Waals surface area contributed by atoms with E-state index in [2.05, 4.69) is 25.4 Å². The third-order valence-electron chi connectivity index (χ3n) is 6.14. The number of anilines is 3. The van der Waals surface area contributed by atoms with Gasteiger partial charge in [-0.25, -0.2) is 9.83 Å². The second kappa shape index (κ2) is 9.49. The van der Waals surface area contributed by atoms with E-state index in [-0.39, 0.29) is 45.4 Å². The molecule has 1 heterocycles. The summed E-state index contributed by atoms with van der Waals surface area (Å²) < 4.78 is 0. The molecule has 1 aliphatic rings. The SMILES string of the molecule is [C-]#[N+]c1c(N)nc(Nc2ccccc2)c(N=Nc2ccc([N+](=O)[O-])c3c2C(=O)c2cccc(O)c2C3=O)c1C. The van der Waals surface area contributed by atoms with Gasteiger partial charge in [0, 0.05) is 17.3 Å². The molecule has 1 aromatic heterocycles. The zero-order valence-corrected chi connectivity index (χ0v) is 20.2. The Bertz CT molecular complexity index is 1790. The van der Waals surface area contributed by atoms with Crippen molar-refractivity contribution < 1.29 is 19.6 Å². The number of ketones is 2. The molecule has 0 saturated heterocycles. The number of azo groups is 1. The Morgan fingerprint density at radius 1 is 1.00 bits per heavy atom. The molecule has 0 amide bonds. The van der Waals surface area contributed by atoms with Gasteiger partial charge >= 0.3 is 0 Å². The second-order valence-electron chi connectivity index (χ2n) is 8.44. The first-order chi connectivity index (χ1) is 18.7. The van der Waals surface area contributed by atoms with Gasteiger partial charge in [-0.3, -0.25) is 19.7 Å². The van der Waals surface area contributed by atoms with Crippen LogP contribution in [-0.4, -0.2) is 26.6 Å². The van der Waals surface area contributed by atoms with Crippen molar-refractivity contribution >= 4 is 51.6 Å². The number of nitro groups is 1. The van der Waals surface area contributed by atoms with Crippen molar-refractivity contribution in [2.75, 3.05) is 11.1 Å².